The molecule has 0 radical (unpaired) electrons. The zero-order valence-corrected chi connectivity index (χ0v) is 61.2. The summed E-state index contributed by atoms with van der Waals surface area (Å²) in [6.07, 6.45) is 20.1. The molecule has 0 spiro atoms. The number of nitrogens with zero attached hydrogens (tertiary/aromatic N) is 2. The maximum absolute atomic E-state index is 5.76. The molecule has 510 valence electrons. The average molecular weight is 1310 g/mol. The number of unbranched alkanes of at least 4 members (excludes halogenated alkanes) is 5. The van der Waals surface area contributed by atoms with Gasteiger partial charge in [-0.3, -0.25) is 0 Å². The largest absolute Gasteiger partial charge is 0.494 e. The predicted molar refractivity (Wildman–Crippen MR) is 428 cm³/mol. The van der Waals surface area contributed by atoms with Crippen LogP contribution in [0.2, 0.25) is 0 Å². The number of rotatable bonds is 24. The minimum atomic E-state index is 0.777. The molecule has 4 nitrogen and oxygen atoms in total. The highest BCUT2D eigenvalue weighted by Crippen LogP contribution is 2.36. The molecule has 99 heavy (non-hydrogen) atoms. The number of fused-ring (bicyclic) bond motifs is 4. The third kappa shape index (κ3) is 23.0. The Kier molecular flexibility index (Phi) is 28.6. The standard InChI is InChI=1S/C24H27N.C21H19N.C20H24O.C19H22O.C11H16/c1-4-5-6-21-11-17-24(18-12-21)25(22-13-7-19(2)8-14-22)23-15-9-20(3)10-16-23;1-14-4-8-17(9-5-14)22-20-10-6-15(2)12-18(20)19-13-16(3)7-11-21(19)22;1-16-6-12-20(13-7-16)21-14-4-2-3-5-17-8-9-18-10-11-19(18)15-17;1-3-17-11-13-19(14-12-17)20-15-5-4-6-18-9-7-16(2)8-10-18;1-3-4-5-11-8-6-10(2)7-9-11/h7-18H,4-6H2,1-3H3;4-13H,1-3H3;6-9,12-13,15H,2-5,10-11,14H2,1H3;3,7-14H,1,4-6,15H2,2H3;6-9H,3-5H2,1-2H3. The maximum Gasteiger partial charge on any atom is 0.119 e. The predicted octanol–water partition coefficient (Wildman–Crippen LogP) is 26.1. The highest BCUT2D eigenvalue weighted by molar-refractivity contribution is 6.09. The Balaban J connectivity index is 0.000000147. The van der Waals surface area contributed by atoms with Crippen LogP contribution in [0.4, 0.5) is 17.1 Å². The summed E-state index contributed by atoms with van der Waals surface area (Å²) in [5, 5.41) is 2.67. The van der Waals surface area contributed by atoms with E-state index in [0.29, 0.717) is 0 Å². The van der Waals surface area contributed by atoms with Crippen molar-refractivity contribution in [2.45, 2.75) is 166 Å². The van der Waals surface area contributed by atoms with Crippen LogP contribution < -0.4 is 14.4 Å². The lowest BCUT2D eigenvalue weighted by Gasteiger charge is -2.26. The van der Waals surface area contributed by atoms with Crippen molar-refractivity contribution in [3.63, 3.8) is 0 Å². The van der Waals surface area contributed by atoms with Gasteiger partial charge in [0.15, 0.2) is 0 Å². The van der Waals surface area contributed by atoms with Gasteiger partial charge < -0.3 is 18.9 Å². The van der Waals surface area contributed by atoms with Gasteiger partial charge in [0.1, 0.15) is 11.5 Å². The Morgan fingerprint density at radius 1 is 0.333 bits per heavy atom. The lowest BCUT2D eigenvalue weighted by atomic mass is 9.86. The number of anilines is 3. The minimum absolute atomic E-state index is 0.777. The van der Waals surface area contributed by atoms with E-state index in [-0.39, 0.29) is 0 Å². The molecular formula is C95H108N2O2. The van der Waals surface area contributed by atoms with E-state index in [2.05, 4.69) is 310 Å². The molecule has 0 fully saturated rings. The molecule has 0 N–H and O–H groups in total. The quantitative estimate of drug-likeness (QED) is 0.0564. The fourth-order valence-electron chi connectivity index (χ4n) is 12.3. The Labute approximate surface area is 595 Å². The van der Waals surface area contributed by atoms with Gasteiger partial charge in [-0.05, 0) is 275 Å². The van der Waals surface area contributed by atoms with E-state index in [1.54, 1.807) is 11.1 Å². The Bertz CT molecular complexity index is 4240. The zero-order valence-electron chi connectivity index (χ0n) is 61.2. The van der Waals surface area contributed by atoms with E-state index < -0.39 is 0 Å². The molecule has 4 heteroatoms. The third-order valence-corrected chi connectivity index (χ3v) is 18.6. The van der Waals surface area contributed by atoms with Crippen molar-refractivity contribution < 1.29 is 9.47 Å². The van der Waals surface area contributed by atoms with Crippen LogP contribution in [0.15, 0.2) is 255 Å². The molecule has 0 saturated heterocycles. The fraction of sp³-hybridized carbons (Fsp3) is 0.284. The topological polar surface area (TPSA) is 26.6 Å². The van der Waals surface area contributed by atoms with Crippen LogP contribution in [0, 0.1) is 55.4 Å². The van der Waals surface area contributed by atoms with Gasteiger partial charge in [0.2, 0.25) is 0 Å². The van der Waals surface area contributed by atoms with Gasteiger partial charge in [0, 0.05) is 33.5 Å². The van der Waals surface area contributed by atoms with Crippen molar-refractivity contribution in [2.75, 3.05) is 18.1 Å². The zero-order chi connectivity index (χ0) is 69.7. The van der Waals surface area contributed by atoms with Crippen LogP contribution in [0.5, 0.6) is 11.5 Å². The van der Waals surface area contributed by atoms with E-state index in [1.807, 2.05) is 30.3 Å². The van der Waals surface area contributed by atoms with Crippen LogP contribution >= 0.6 is 0 Å². The molecule has 1 aliphatic rings. The summed E-state index contributed by atoms with van der Waals surface area (Å²) in [4.78, 5) is 2.32. The summed E-state index contributed by atoms with van der Waals surface area (Å²) in [5.74, 6) is 1.92. The molecule has 0 unspecified atom stereocenters. The van der Waals surface area contributed by atoms with Gasteiger partial charge >= 0.3 is 0 Å². The lowest BCUT2D eigenvalue weighted by molar-refractivity contribution is 0.305. The molecule has 12 aromatic rings. The normalized spacial score (nSPS) is 11.1. The van der Waals surface area contributed by atoms with Crippen LogP contribution in [-0.2, 0) is 38.5 Å². The van der Waals surface area contributed by atoms with Crippen molar-refractivity contribution in [3.8, 4) is 17.2 Å². The summed E-state index contributed by atoms with van der Waals surface area (Å²) in [5.41, 5.74) is 27.8. The molecule has 0 saturated carbocycles. The SMILES string of the molecule is C=Cc1ccc(OCCCCc2ccc(C)cc2)cc1.CCCCc1ccc(C)cc1.CCCCc1ccc(N(c2ccc(C)cc2)c2ccc(C)cc2)cc1.Cc1ccc(-n2c3ccc(C)cc3c3cc(C)ccc32)cc1.Cc1ccc(OCCCCCc2ccc3c(c2)CC3)cc1. The number of hydrogen-bond acceptors (Lipinski definition) is 3. The molecule has 0 amide bonds. The fourth-order valence-corrected chi connectivity index (χ4v) is 12.3. The smallest absolute Gasteiger partial charge is 0.119 e. The Morgan fingerprint density at radius 2 is 0.677 bits per heavy atom. The Morgan fingerprint density at radius 3 is 1.10 bits per heavy atom. The number of ether oxygens (including phenoxy) is 2. The van der Waals surface area contributed by atoms with Crippen LogP contribution in [0.25, 0.3) is 33.6 Å². The van der Waals surface area contributed by atoms with Gasteiger partial charge in [-0.2, -0.15) is 0 Å². The van der Waals surface area contributed by atoms with Crippen LogP contribution in [0.3, 0.4) is 0 Å². The van der Waals surface area contributed by atoms with Crippen LogP contribution in [-0.4, -0.2) is 17.8 Å². The first-order chi connectivity index (χ1) is 48.2. The molecule has 11 aromatic carbocycles. The van der Waals surface area contributed by atoms with Gasteiger partial charge in [-0.25, -0.2) is 0 Å². The molecule has 0 bridgehead atoms. The summed E-state index contributed by atoms with van der Waals surface area (Å²) < 4.78 is 13.8. The van der Waals surface area contributed by atoms with Crippen molar-refractivity contribution in [3.05, 3.63) is 339 Å². The van der Waals surface area contributed by atoms with E-state index in [9.17, 15) is 0 Å². The number of benzene rings is 11. The molecule has 0 aliphatic heterocycles. The monoisotopic (exact) mass is 1310 g/mol. The number of aryl methyl sites for hydroxylation is 14. The molecule has 1 heterocycles. The van der Waals surface area contributed by atoms with E-state index >= 15 is 0 Å². The van der Waals surface area contributed by atoms with E-state index in [4.69, 9.17) is 9.47 Å². The second kappa shape index (κ2) is 38.5. The van der Waals surface area contributed by atoms with Crippen LogP contribution in [0.1, 0.15) is 155 Å². The summed E-state index contributed by atoms with van der Waals surface area (Å²) in [7, 11) is 0. The number of aromatic nitrogens is 1. The average Bonchev–Trinajstić information content (AvgIpc) is 1.60. The van der Waals surface area contributed by atoms with Gasteiger partial charge in [-0.1, -0.05) is 236 Å². The second-order valence-corrected chi connectivity index (χ2v) is 27.2. The van der Waals surface area contributed by atoms with Crippen molar-refractivity contribution in [2.24, 2.45) is 0 Å². The summed E-state index contributed by atoms with van der Waals surface area (Å²) in [6, 6.07) is 89.6. The van der Waals surface area contributed by atoms with Crippen molar-refractivity contribution in [1.82, 2.24) is 4.57 Å². The highest BCUT2D eigenvalue weighted by atomic mass is 16.5. The minimum Gasteiger partial charge on any atom is -0.494 e. The molecular weight excluding hydrogens is 1200 g/mol. The van der Waals surface area contributed by atoms with Crippen molar-refractivity contribution >= 4 is 44.9 Å². The molecule has 1 aliphatic carbocycles. The molecule has 13 rings (SSSR count). The lowest BCUT2D eigenvalue weighted by Crippen LogP contribution is -2.10. The summed E-state index contributed by atoms with van der Waals surface area (Å²) in [6.45, 7) is 26.9. The highest BCUT2D eigenvalue weighted by Gasteiger charge is 2.15. The van der Waals surface area contributed by atoms with Gasteiger partial charge in [0.05, 0.1) is 24.2 Å². The number of hydrogen-bond donors (Lipinski definition) is 0. The van der Waals surface area contributed by atoms with E-state index in [1.165, 1.54) is 176 Å². The van der Waals surface area contributed by atoms with E-state index in [0.717, 1.165) is 62.4 Å². The first-order valence-corrected chi connectivity index (χ1v) is 36.6. The third-order valence-electron chi connectivity index (χ3n) is 18.6. The first-order valence-electron chi connectivity index (χ1n) is 36.6. The van der Waals surface area contributed by atoms with Gasteiger partial charge in [-0.15, -0.1) is 0 Å². The van der Waals surface area contributed by atoms with Gasteiger partial charge in [0.25, 0.3) is 0 Å². The summed E-state index contributed by atoms with van der Waals surface area (Å²) >= 11 is 0. The Hall–Kier alpha value is -9.64. The first kappa shape index (κ1) is 73.6. The van der Waals surface area contributed by atoms with Crippen molar-refractivity contribution in [1.29, 1.82) is 0 Å². The maximum atomic E-state index is 5.76. The second-order valence-electron chi connectivity index (χ2n) is 27.2. The molecule has 0 atom stereocenters. The molecule has 1 aromatic heterocycles.